The van der Waals surface area contributed by atoms with Crippen molar-refractivity contribution in [1.82, 2.24) is 9.88 Å². The lowest BCUT2D eigenvalue weighted by Crippen LogP contribution is -2.46. The molecule has 3 N–H and O–H groups in total. The van der Waals surface area contributed by atoms with Crippen molar-refractivity contribution < 1.29 is 10.2 Å². The van der Waals surface area contributed by atoms with Crippen LogP contribution in [0.4, 0.5) is 5.69 Å². The number of aryl methyl sites for hydroxylation is 1. The number of H-pyrrole nitrogens is 1. The Morgan fingerprint density at radius 1 is 0.897 bits per heavy atom. The summed E-state index contributed by atoms with van der Waals surface area (Å²) < 4.78 is 0. The number of pyridine rings is 1. The van der Waals surface area contributed by atoms with Gasteiger partial charge in [-0.3, -0.25) is 9.69 Å². The van der Waals surface area contributed by atoms with Crippen molar-refractivity contribution in [3.8, 4) is 11.5 Å². The van der Waals surface area contributed by atoms with Crippen LogP contribution in [0.2, 0.25) is 0 Å². The topological polar surface area (TPSA) is 79.8 Å². The van der Waals surface area contributed by atoms with Gasteiger partial charge in [-0.1, -0.05) is 24.3 Å². The smallest absolute Gasteiger partial charge is 0.294 e. The molecule has 0 spiro atoms. The minimum absolute atomic E-state index is 0.345. The average molecular weight is 393 g/mol. The molecule has 29 heavy (non-hydrogen) atoms. The fourth-order valence-corrected chi connectivity index (χ4v) is 4.00. The largest absolute Gasteiger partial charge is 0.504 e. The number of rotatable bonds is 6. The Bertz CT molecular complexity index is 1020. The van der Waals surface area contributed by atoms with Gasteiger partial charge in [-0.15, -0.1) is 0 Å². The highest BCUT2D eigenvalue weighted by Crippen LogP contribution is 2.29. The summed E-state index contributed by atoms with van der Waals surface area (Å²) >= 11 is 0. The van der Waals surface area contributed by atoms with E-state index in [9.17, 15) is 15.0 Å². The predicted molar refractivity (Wildman–Crippen MR) is 116 cm³/mol. The van der Waals surface area contributed by atoms with Gasteiger partial charge >= 0.3 is 0 Å². The highest BCUT2D eigenvalue weighted by atomic mass is 16.3. The summed E-state index contributed by atoms with van der Waals surface area (Å²) in [6.07, 6.45) is 3.08. The standard InChI is InChI=1S/C23H27N3O3/c27-21-19-16-17(9-10-20(19)24-23(29)22(21)28)6-4-5-11-25-12-14-26(15-13-25)18-7-2-1-3-8-18/h1-3,7-10,16,28H,4-6,11-15H2,(H2,24,27,29). The molecule has 1 aromatic heterocycles. The molecule has 4 rings (SSSR count). The van der Waals surface area contributed by atoms with Crippen molar-refractivity contribution in [1.29, 1.82) is 0 Å². The van der Waals surface area contributed by atoms with Gasteiger partial charge in [0, 0.05) is 37.3 Å². The molecule has 1 saturated heterocycles. The second-order valence-corrected chi connectivity index (χ2v) is 7.65. The van der Waals surface area contributed by atoms with E-state index in [-0.39, 0.29) is 5.75 Å². The first-order valence-electron chi connectivity index (χ1n) is 10.2. The predicted octanol–water partition coefficient (Wildman–Crippen LogP) is 3.08. The minimum Gasteiger partial charge on any atom is -0.504 e. The number of hydrogen-bond acceptors (Lipinski definition) is 5. The number of aromatic hydroxyl groups is 2. The zero-order valence-corrected chi connectivity index (χ0v) is 16.5. The van der Waals surface area contributed by atoms with Crippen molar-refractivity contribution in [2.45, 2.75) is 19.3 Å². The number of hydrogen-bond donors (Lipinski definition) is 3. The second-order valence-electron chi connectivity index (χ2n) is 7.65. The summed E-state index contributed by atoms with van der Waals surface area (Å²) in [7, 11) is 0. The average Bonchev–Trinajstić information content (AvgIpc) is 2.76. The van der Waals surface area contributed by atoms with Crippen molar-refractivity contribution in [3.05, 3.63) is 64.4 Å². The molecule has 6 heteroatoms. The van der Waals surface area contributed by atoms with E-state index in [4.69, 9.17) is 0 Å². The van der Waals surface area contributed by atoms with Crippen LogP contribution < -0.4 is 10.5 Å². The molecule has 1 aliphatic rings. The van der Waals surface area contributed by atoms with Crippen LogP contribution in [0, 0.1) is 0 Å². The number of nitrogens with zero attached hydrogens (tertiary/aromatic N) is 2. The Kier molecular flexibility index (Phi) is 5.71. The third kappa shape index (κ3) is 4.38. The van der Waals surface area contributed by atoms with Gasteiger partial charge in [-0.05, 0) is 55.6 Å². The molecule has 6 nitrogen and oxygen atoms in total. The Balaban J connectivity index is 1.25. The molecule has 0 amide bonds. The number of aromatic nitrogens is 1. The molecule has 0 unspecified atom stereocenters. The lowest BCUT2D eigenvalue weighted by molar-refractivity contribution is 0.253. The Morgan fingerprint density at radius 3 is 2.41 bits per heavy atom. The lowest BCUT2D eigenvalue weighted by Gasteiger charge is -2.36. The van der Waals surface area contributed by atoms with Crippen LogP contribution in [-0.2, 0) is 6.42 Å². The summed E-state index contributed by atoms with van der Waals surface area (Å²) in [5.74, 6) is -0.966. The molecule has 0 saturated carbocycles. The summed E-state index contributed by atoms with van der Waals surface area (Å²) in [4.78, 5) is 19.1. The van der Waals surface area contributed by atoms with Gasteiger partial charge in [0.25, 0.3) is 5.56 Å². The van der Waals surface area contributed by atoms with Gasteiger partial charge in [0.05, 0.1) is 5.52 Å². The molecule has 2 aromatic carbocycles. The molecule has 3 aromatic rings. The van der Waals surface area contributed by atoms with Gasteiger partial charge < -0.3 is 20.1 Å². The maximum absolute atomic E-state index is 11.5. The van der Waals surface area contributed by atoms with E-state index in [1.807, 2.05) is 12.1 Å². The molecule has 0 radical (unpaired) electrons. The van der Waals surface area contributed by atoms with E-state index in [0.717, 1.165) is 57.5 Å². The molecule has 0 aliphatic carbocycles. The lowest BCUT2D eigenvalue weighted by atomic mass is 10.0. The highest BCUT2D eigenvalue weighted by Gasteiger charge is 2.16. The summed E-state index contributed by atoms with van der Waals surface area (Å²) in [6, 6.07) is 16.2. The molecule has 1 fully saturated rings. The minimum atomic E-state index is -0.671. The van der Waals surface area contributed by atoms with Crippen LogP contribution in [0.1, 0.15) is 18.4 Å². The normalized spacial score (nSPS) is 15.1. The summed E-state index contributed by atoms with van der Waals surface area (Å²) in [5, 5.41) is 20.2. The Hall–Kier alpha value is -2.99. The molecule has 2 heterocycles. The van der Waals surface area contributed by atoms with Crippen LogP contribution in [0.3, 0.4) is 0 Å². The van der Waals surface area contributed by atoms with E-state index in [1.165, 1.54) is 5.69 Å². The number of para-hydroxylation sites is 1. The third-order valence-corrected chi connectivity index (χ3v) is 5.71. The van der Waals surface area contributed by atoms with E-state index in [2.05, 4.69) is 45.1 Å². The first-order valence-corrected chi connectivity index (χ1v) is 10.2. The van der Waals surface area contributed by atoms with Crippen molar-refractivity contribution in [3.63, 3.8) is 0 Å². The Morgan fingerprint density at radius 2 is 1.66 bits per heavy atom. The number of anilines is 1. The number of piperazine rings is 1. The number of benzene rings is 2. The number of aromatic amines is 1. The van der Waals surface area contributed by atoms with Crippen molar-refractivity contribution in [2.24, 2.45) is 0 Å². The first kappa shape index (κ1) is 19.3. The molecule has 0 bridgehead atoms. The van der Waals surface area contributed by atoms with Crippen molar-refractivity contribution in [2.75, 3.05) is 37.6 Å². The number of unbranched alkanes of at least 4 members (excludes halogenated alkanes) is 1. The third-order valence-electron chi connectivity index (χ3n) is 5.71. The second kappa shape index (κ2) is 8.57. The molecule has 0 atom stereocenters. The van der Waals surface area contributed by atoms with E-state index in [0.29, 0.717) is 10.9 Å². The SMILES string of the molecule is O=c1[nH]c2ccc(CCCCN3CCN(c4ccccc4)CC3)cc2c(O)c1O. The molecule has 152 valence electrons. The Labute approximate surface area is 170 Å². The fourth-order valence-electron chi connectivity index (χ4n) is 4.00. The van der Waals surface area contributed by atoms with Gasteiger partial charge in [0.1, 0.15) is 0 Å². The van der Waals surface area contributed by atoms with Crippen LogP contribution in [0.15, 0.2) is 53.3 Å². The molecule has 1 aliphatic heterocycles. The van der Waals surface area contributed by atoms with Crippen molar-refractivity contribution >= 4 is 16.6 Å². The maximum Gasteiger partial charge on any atom is 0.294 e. The highest BCUT2D eigenvalue weighted by molar-refractivity contribution is 5.87. The maximum atomic E-state index is 11.5. The van der Waals surface area contributed by atoms with E-state index < -0.39 is 11.3 Å². The quantitative estimate of drug-likeness (QED) is 0.561. The first-order chi connectivity index (χ1) is 14.1. The van der Waals surface area contributed by atoms with Crippen LogP contribution in [0.25, 0.3) is 10.9 Å². The van der Waals surface area contributed by atoms with Gasteiger partial charge in [-0.25, -0.2) is 0 Å². The zero-order chi connectivity index (χ0) is 20.2. The van der Waals surface area contributed by atoms with Crippen LogP contribution in [-0.4, -0.2) is 52.8 Å². The van der Waals surface area contributed by atoms with Gasteiger partial charge in [-0.2, -0.15) is 0 Å². The van der Waals surface area contributed by atoms with Crippen LogP contribution >= 0.6 is 0 Å². The van der Waals surface area contributed by atoms with Crippen LogP contribution in [0.5, 0.6) is 11.5 Å². The van der Waals surface area contributed by atoms with Gasteiger partial charge in [0.15, 0.2) is 5.75 Å². The molecular weight excluding hydrogens is 366 g/mol. The monoisotopic (exact) mass is 393 g/mol. The summed E-state index contributed by atoms with van der Waals surface area (Å²) in [6.45, 7) is 5.40. The zero-order valence-electron chi connectivity index (χ0n) is 16.5. The number of nitrogens with one attached hydrogen (secondary N) is 1. The van der Waals surface area contributed by atoms with Gasteiger partial charge in [0.2, 0.25) is 5.75 Å². The fraction of sp³-hybridized carbons (Fsp3) is 0.348. The summed E-state index contributed by atoms with van der Waals surface area (Å²) in [5.41, 5.74) is 2.26. The molecular formula is C23H27N3O3. The van der Waals surface area contributed by atoms with E-state index >= 15 is 0 Å². The van der Waals surface area contributed by atoms with E-state index in [1.54, 1.807) is 6.07 Å². The number of fused-ring (bicyclic) bond motifs is 1.